The summed E-state index contributed by atoms with van der Waals surface area (Å²) in [7, 11) is 0. The molecule has 1 heterocycles. The van der Waals surface area contributed by atoms with Crippen molar-refractivity contribution in [1.82, 2.24) is 0 Å². The second-order valence-corrected chi connectivity index (χ2v) is 7.58. The van der Waals surface area contributed by atoms with Gasteiger partial charge < -0.3 is 15.2 Å². The third-order valence-electron chi connectivity index (χ3n) is 5.62. The maximum absolute atomic E-state index is 13.8. The third kappa shape index (κ3) is 3.37. The molecular formula is C21H18F3NO4. The van der Waals surface area contributed by atoms with Gasteiger partial charge in [0, 0.05) is 17.7 Å². The van der Waals surface area contributed by atoms with Gasteiger partial charge in [-0.25, -0.2) is 4.79 Å². The van der Waals surface area contributed by atoms with Gasteiger partial charge in [-0.05, 0) is 42.0 Å². The molecule has 29 heavy (non-hydrogen) atoms. The van der Waals surface area contributed by atoms with Crippen LogP contribution in [-0.2, 0) is 21.6 Å². The number of alkyl halides is 3. The van der Waals surface area contributed by atoms with E-state index in [9.17, 15) is 27.9 Å². The molecule has 8 heteroatoms. The van der Waals surface area contributed by atoms with Crippen LogP contribution in [0.5, 0.6) is 0 Å². The van der Waals surface area contributed by atoms with Crippen LogP contribution < -0.4 is 5.32 Å². The topological polar surface area (TPSA) is 75.6 Å². The first kappa shape index (κ1) is 19.4. The fourth-order valence-corrected chi connectivity index (χ4v) is 3.75. The zero-order chi connectivity index (χ0) is 20.9. The Kier molecular flexibility index (Phi) is 4.42. The lowest BCUT2D eigenvalue weighted by Gasteiger charge is -2.33. The van der Waals surface area contributed by atoms with E-state index in [0.29, 0.717) is 29.5 Å². The summed E-state index contributed by atoms with van der Waals surface area (Å²) in [6.07, 6.45) is -4.99. The number of ether oxygens (including phenoxy) is 1. The number of nitrogens with one attached hydrogen (secondary N) is 1. The average Bonchev–Trinajstić information content (AvgIpc) is 3.37. The minimum absolute atomic E-state index is 0.0153. The molecular weight excluding hydrogens is 387 g/mol. The van der Waals surface area contributed by atoms with Gasteiger partial charge in [-0.2, -0.15) is 13.2 Å². The Balaban J connectivity index is 1.60. The Bertz CT molecular complexity index is 970. The number of amides is 1. The van der Waals surface area contributed by atoms with Crippen molar-refractivity contribution in [3.05, 3.63) is 65.2 Å². The van der Waals surface area contributed by atoms with Gasteiger partial charge in [-0.15, -0.1) is 0 Å². The van der Waals surface area contributed by atoms with Crippen LogP contribution in [0, 0.1) is 0 Å². The summed E-state index contributed by atoms with van der Waals surface area (Å²) in [6.45, 7) is -0.0153. The smallest absolute Gasteiger partial charge is 0.426 e. The molecule has 0 bridgehead atoms. The molecule has 0 saturated heterocycles. The molecule has 5 nitrogen and oxygen atoms in total. The number of fused-ring (bicyclic) bond motifs is 1. The quantitative estimate of drug-likeness (QED) is 0.744. The Labute approximate surface area is 164 Å². The molecule has 4 rings (SSSR count). The SMILES string of the molecule is O=C1OCc2cc(NC(=O)C(O)(CC3(c4ccccc4)CC3)C(F)(F)F)ccc21. The van der Waals surface area contributed by atoms with Crippen molar-refractivity contribution in [2.24, 2.45) is 0 Å². The predicted octanol–water partition coefficient (Wildman–Crippen LogP) is 3.71. The summed E-state index contributed by atoms with van der Waals surface area (Å²) in [5.41, 5.74) is -2.95. The lowest BCUT2D eigenvalue weighted by atomic mass is 9.82. The van der Waals surface area contributed by atoms with Crippen LogP contribution in [0.1, 0.15) is 40.7 Å². The standard InChI is InChI=1S/C21H18F3NO4/c22-21(23,24)20(28,12-19(8-9-19)14-4-2-1-3-5-14)18(27)25-15-6-7-16-13(10-15)11-29-17(16)26/h1-7,10,28H,8-9,11-12H2,(H,25,27). The molecule has 1 aliphatic carbocycles. The first-order valence-electron chi connectivity index (χ1n) is 9.11. The van der Waals surface area contributed by atoms with Crippen LogP contribution in [0.15, 0.2) is 48.5 Å². The van der Waals surface area contributed by atoms with Crippen LogP contribution >= 0.6 is 0 Å². The van der Waals surface area contributed by atoms with Gasteiger partial charge >= 0.3 is 12.1 Å². The molecule has 1 aliphatic heterocycles. The fraction of sp³-hybridized carbons (Fsp3) is 0.333. The van der Waals surface area contributed by atoms with Crippen molar-refractivity contribution in [3.63, 3.8) is 0 Å². The van der Waals surface area contributed by atoms with E-state index in [2.05, 4.69) is 5.32 Å². The van der Waals surface area contributed by atoms with Gasteiger partial charge in [0.15, 0.2) is 0 Å². The van der Waals surface area contributed by atoms with Gasteiger partial charge in [-0.3, -0.25) is 4.79 Å². The number of aliphatic hydroxyl groups is 1. The van der Waals surface area contributed by atoms with Gasteiger partial charge in [0.2, 0.25) is 5.60 Å². The highest BCUT2D eigenvalue weighted by Gasteiger charge is 2.64. The molecule has 1 fully saturated rings. The number of halogens is 3. The summed E-state index contributed by atoms with van der Waals surface area (Å²) in [4.78, 5) is 24.1. The van der Waals surface area contributed by atoms with E-state index in [1.54, 1.807) is 30.3 Å². The van der Waals surface area contributed by atoms with Crippen molar-refractivity contribution >= 4 is 17.6 Å². The number of rotatable bonds is 5. The summed E-state index contributed by atoms with van der Waals surface area (Å²) < 4.78 is 46.3. The van der Waals surface area contributed by atoms with E-state index in [1.807, 2.05) is 0 Å². The van der Waals surface area contributed by atoms with Crippen molar-refractivity contribution < 1.29 is 32.6 Å². The molecule has 2 aromatic carbocycles. The van der Waals surface area contributed by atoms with Crippen LogP contribution in [0.4, 0.5) is 18.9 Å². The largest absolute Gasteiger partial charge is 0.457 e. The fourth-order valence-electron chi connectivity index (χ4n) is 3.75. The highest BCUT2D eigenvalue weighted by molar-refractivity contribution is 5.99. The first-order valence-corrected chi connectivity index (χ1v) is 9.11. The minimum atomic E-state index is -5.16. The second-order valence-electron chi connectivity index (χ2n) is 7.58. The number of anilines is 1. The van der Waals surface area contributed by atoms with Crippen LogP contribution in [0.2, 0.25) is 0 Å². The molecule has 0 radical (unpaired) electrons. The molecule has 1 amide bonds. The molecule has 0 aromatic heterocycles. The molecule has 0 spiro atoms. The maximum Gasteiger partial charge on any atom is 0.426 e. The highest BCUT2D eigenvalue weighted by Crippen LogP contribution is 2.55. The Morgan fingerprint density at radius 1 is 1.14 bits per heavy atom. The second kappa shape index (κ2) is 6.59. The highest BCUT2D eigenvalue weighted by atomic mass is 19.4. The zero-order valence-electron chi connectivity index (χ0n) is 15.3. The van der Waals surface area contributed by atoms with Crippen molar-refractivity contribution in [1.29, 1.82) is 0 Å². The number of carbonyl (C=O) groups excluding carboxylic acids is 2. The zero-order valence-corrected chi connectivity index (χ0v) is 15.3. The number of carbonyl (C=O) groups is 2. The maximum atomic E-state index is 13.8. The minimum Gasteiger partial charge on any atom is -0.457 e. The normalized spacial score (nSPS) is 19.1. The molecule has 1 saturated carbocycles. The van der Waals surface area contributed by atoms with E-state index in [1.165, 1.54) is 18.2 Å². The van der Waals surface area contributed by atoms with Gasteiger partial charge in [0.25, 0.3) is 5.91 Å². The summed E-state index contributed by atoms with van der Waals surface area (Å²) >= 11 is 0. The summed E-state index contributed by atoms with van der Waals surface area (Å²) in [5.74, 6) is -2.07. The summed E-state index contributed by atoms with van der Waals surface area (Å²) in [5, 5.41) is 12.7. The average molecular weight is 405 g/mol. The van der Waals surface area contributed by atoms with Crippen LogP contribution in [-0.4, -0.2) is 28.8 Å². The number of cyclic esters (lactones) is 1. The Hall–Kier alpha value is -2.87. The van der Waals surface area contributed by atoms with E-state index in [4.69, 9.17) is 4.74 Å². The summed E-state index contributed by atoms with van der Waals surface area (Å²) in [6, 6.07) is 12.7. The number of hydrogen-bond acceptors (Lipinski definition) is 4. The lowest BCUT2D eigenvalue weighted by Crippen LogP contribution is -2.56. The molecule has 1 unspecified atom stereocenters. The third-order valence-corrected chi connectivity index (χ3v) is 5.62. The molecule has 2 aromatic rings. The van der Waals surface area contributed by atoms with Crippen molar-refractivity contribution in [2.45, 2.75) is 43.1 Å². The Morgan fingerprint density at radius 2 is 1.83 bits per heavy atom. The van der Waals surface area contributed by atoms with Crippen molar-refractivity contribution in [2.75, 3.05) is 5.32 Å². The molecule has 2 N–H and O–H groups in total. The molecule has 152 valence electrons. The van der Waals surface area contributed by atoms with Crippen molar-refractivity contribution in [3.8, 4) is 0 Å². The van der Waals surface area contributed by atoms with Gasteiger partial charge in [0.05, 0.1) is 5.56 Å². The van der Waals surface area contributed by atoms with E-state index < -0.39 is 35.5 Å². The van der Waals surface area contributed by atoms with Crippen LogP contribution in [0.25, 0.3) is 0 Å². The monoisotopic (exact) mass is 405 g/mol. The Morgan fingerprint density at radius 3 is 2.45 bits per heavy atom. The van der Waals surface area contributed by atoms with E-state index >= 15 is 0 Å². The molecule has 1 atom stereocenters. The van der Waals surface area contributed by atoms with Gasteiger partial charge in [0.1, 0.15) is 6.61 Å². The molecule has 2 aliphatic rings. The van der Waals surface area contributed by atoms with Crippen LogP contribution in [0.3, 0.4) is 0 Å². The van der Waals surface area contributed by atoms with Gasteiger partial charge in [-0.1, -0.05) is 30.3 Å². The lowest BCUT2D eigenvalue weighted by molar-refractivity contribution is -0.253. The first-order chi connectivity index (χ1) is 13.6. The van der Waals surface area contributed by atoms with E-state index in [0.717, 1.165) is 0 Å². The van der Waals surface area contributed by atoms with E-state index in [-0.39, 0.29) is 12.3 Å². The number of benzene rings is 2. The number of esters is 1. The predicted molar refractivity (Wildman–Crippen MR) is 97.2 cm³/mol. The number of hydrogen-bond donors (Lipinski definition) is 2.